The first-order valence-corrected chi connectivity index (χ1v) is 7.32. The molecule has 2 bridgehead atoms. The van der Waals surface area contributed by atoms with Gasteiger partial charge < -0.3 is 15.1 Å². The number of carbonyl (C=O) groups excluding carboxylic acids is 1. The Bertz CT molecular complexity index is 528. The van der Waals surface area contributed by atoms with Crippen molar-refractivity contribution in [3.63, 3.8) is 0 Å². The Morgan fingerprint density at radius 3 is 2.65 bits per heavy atom. The first-order valence-electron chi connectivity index (χ1n) is 7.32. The molecule has 3 unspecified atom stereocenters. The molecule has 0 aliphatic heterocycles. The van der Waals surface area contributed by atoms with E-state index in [2.05, 4.69) is 0 Å². The Morgan fingerprint density at radius 2 is 2.05 bits per heavy atom. The van der Waals surface area contributed by atoms with E-state index in [9.17, 15) is 15.0 Å². The maximum atomic E-state index is 12.3. The number of phenols is 2. The zero-order valence-electron chi connectivity index (χ0n) is 11.7. The van der Waals surface area contributed by atoms with E-state index in [1.807, 2.05) is 7.05 Å². The molecule has 1 aromatic carbocycles. The van der Waals surface area contributed by atoms with Gasteiger partial charge >= 0.3 is 0 Å². The summed E-state index contributed by atoms with van der Waals surface area (Å²) in [5, 5.41) is 18.8. The van der Waals surface area contributed by atoms with Crippen molar-refractivity contribution in [3.05, 3.63) is 23.8 Å². The number of phenolic OH excluding ortho intramolecular Hbond substituents is 2. The average molecular weight is 275 g/mol. The Labute approximate surface area is 119 Å². The minimum absolute atomic E-state index is 0.0944. The van der Waals surface area contributed by atoms with Crippen LogP contribution in [0.2, 0.25) is 0 Å². The van der Waals surface area contributed by atoms with Crippen LogP contribution in [0, 0.1) is 17.8 Å². The lowest BCUT2D eigenvalue weighted by molar-refractivity contribution is 0.0754. The molecule has 1 amide bonds. The Kier molecular flexibility index (Phi) is 3.32. The van der Waals surface area contributed by atoms with Crippen LogP contribution in [0.3, 0.4) is 0 Å². The van der Waals surface area contributed by atoms with Crippen molar-refractivity contribution in [2.45, 2.75) is 25.7 Å². The van der Waals surface area contributed by atoms with Crippen molar-refractivity contribution in [1.29, 1.82) is 0 Å². The van der Waals surface area contributed by atoms with Crippen molar-refractivity contribution in [3.8, 4) is 11.5 Å². The van der Waals surface area contributed by atoms with Crippen LogP contribution >= 0.6 is 0 Å². The predicted octanol–water partition coefficient (Wildman–Crippen LogP) is 2.61. The lowest BCUT2D eigenvalue weighted by Gasteiger charge is -2.27. The fourth-order valence-electron chi connectivity index (χ4n) is 3.91. The maximum Gasteiger partial charge on any atom is 0.253 e. The van der Waals surface area contributed by atoms with Gasteiger partial charge in [-0.2, -0.15) is 0 Å². The number of hydrogen-bond donors (Lipinski definition) is 2. The second-order valence-electron chi connectivity index (χ2n) is 6.32. The summed E-state index contributed by atoms with van der Waals surface area (Å²) in [7, 11) is 1.82. The minimum atomic E-state index is -0.246. The molecule has 0 spiro atoms. The van der Waals surface area contributed by atoms with Gasteiger partial charge in [-0.3, -0.25) is 4.79 Å². The molecule has 0 heterocycles. The van der Waals surface area contributed by atoms with Gasteiger partial charge in [0.1, 0.15) is 0 Å². The van der Waals surface area contributed by atoms with Gasteiger partial charge in [0.25, 0.3) is 5.91 Å². The molecule has 2 N–H and O–H groups in total. The molecule has 2 aliphatic carbocycles. The molecule has 3 atom stereocenters. The summed E-state index contributed by atoms with van der Waals surface area (Å²) in [5.41, 5.74) is 0.422. The van der Waals surface area contributed by atoms with E-state index in [-0.39, 0.29) is 17.4 Å². The molecule has 1 aromatic rings. The van der Waals surface area contributed by atoms with Gasteiger partial charge in [-0.05, 0) is 55.2 Å². The number of aromatic hydroxyl groups is 2. The molecule has 108 valence electrons. The Morgan fingerprint density at radius 1 is 1.25 bits per heavy atom. The minimum Gasteiger partial charge on any atom is -0.504 e. The number of hydrogen-bond acceptors (Lipinski definition) is 3. The highest BCUT2D eigenvalue weighted by Crippen LogP contribution is 2.48. The monoisotopic (exact) mass is 275 g/mol. The topological polar surface area (TPSA) is 60.8 Å². The highest BCUT2D eigenvalue weighted by molar-refractivity contribution is 5.94. The van der Waals surface area contributed by atoms with Crippen LogP contribution in [-0.4, -0.2) is 34.6 Å². The van der Waals surface area contributed by atoms with Crippen molar-refractivity contribution in [1.82, 2.24) is 4.90 Å². The molecule has 20 heavy (non-hydrogen) atoms. The summed E-state index contributed by atoms with van der Waals surface area (Å²) >= 11 is 0. The van der Waals surface area contributed by atoms with Crippen LogP contribution in [0.25, 0.3) is 0 Å². The van der Waals surface area contributed by atoms with Gasteiger partial charge in [0.05, 0.1) is 0 Å². The van der Waals surface area contributed by atoms with Crippen LogP contribution in [0.15, 0.2) is 18.2 Å². The molecule has 4 heteroatoms. The number of nitrogens with zero attached hydrogens (tertiary/aromatic N) is 1. The van der Waals surface area contributed by atoms with Crippen LogP contribution < -0.4 is 0 Å². The molecular weight excluding hydrogens is 254 g/mol. The van der Waals surface area contributed by atoms with Gasteiger partial charge in [0, 0.05) is 19.2 Å². The van der Waals surface area contributed by atoms with Crippen LogP contribution in [0.1, 0.15) is 36.0 Å². The molecule has 2 aliphatic rings. The third-order valence-corrected chi connectivity index (χ3v) is 4.96. The van der Waals surface area contributed by atoms with Crippen LogP contribution in [0.5, 0.6) is 11.5 Å². The number of amides is 1. The summed E-state index contributed by atoms with van der Waals surface area (Å²) in [6.45, 7) is 0.793. The van der Waals surface area contributed by atoms with E-state index in [1.165, 1.54) is 37.8 Å². The van der Waals surface area contributed by atoms with E-state index in [0.29, 0.717) is 11.5 Å². The quantitative estimate of drug-likeness (QED) is 0.834. The first kappa shape index (κ1) is 13.3. The standard InChI is InChI=1S/C16H21NO3/c1-17(9-13-7-10-2-3-11(13)6-10)16(20)12-4-5-14(18)15(19)8-12/h4-5,8,10-11,13,18-19H,2-3,6-7,9H2,1H3. The second kappa shape index (κ2) is 5.00. The van der Waals surface area contributed by atoms with Crippen molar-refractivity contribution in [2.24, 2.45) is 17.8 Å². The summed E-state index contributed by atoms with van der Waals surface area (Å²) < 4.78 is 0. The lowest BCUT2D eigenvalue weighted by Crippen LogP contribution is -2.33. The fraction of sp³-hybridized carbons (Fsp3) is 0.562. The predicted molar refractivity (Wildman–Crippen MR) is 75.7 cm³/mol. The summed E-state index contributed by atoms with van der Waals surface area (Å²) in [5.74, 6) is 1.77. The van der Waals surface area contributed by atoms with Crippen molar-refractivity contribution >= 4 is 5.91 Å². The highest BCUT2D eigenvalue weighted by Gasteiger charge is 2.40. The van der Waals surface area contributed by atoms with Crippen molar-refractivity contribution in [2.75, 3.05) is 13.6 Å². The van der Waals surface area contributed by atoms with E-state index >= 15 is 0 Å². The molecule has 0 aromatic heterocycles. The van der Waals surface area contributed by atoms with Gasteiger partial charge in [-0.25, -0.2) is 0 Å². The van der Waals surface area contributed by atoms with Crippen molar-refractivity contribution < 1.29 is 15.0 Å². The zero-order valence-corrected chi connectivity index (χ0v) is 11.7. The normalized spacial score (nSPS) is 27.8. The molecule has 2 fully saturated rings. The number of fused-ring (bicyclic) bond motifs is 2. The number of carbonyl (C=O) groups is 1. The summed E-state index contributed by atoms with van der Waals surface area (Å²) in [4.78, 5) is 14.1. The Hall–Kier alpha value is -1.71. The summed E-state index contributed by atoms with van der Waals surface area (Å²) in [6.07, 6.45) is 5.28. The maximum absolute atomic E-state index is 12.3. The largest absolute Gasteiger partial charge is 0.504 e. The van der Waals surface area contributed by atoms with E-state index in [4.69, 9.17) is 0 Å². The molecule has 3 rings (SSSR count). The smallest absolute Gasteiger partial charge is 0.253 e. The summed E-state index contributed by atoms with van der Waals surface area (Å²) in [6, 6.07) is 4.23. The molecular formula is C16H21NO3. The second-order valence-corrected chi connectivity index (χ2v) is 6.32. The number of benzene rings is 1. The third-order valence-electron chi connectivity index (χ3n) is 4.96. The van der Waals surface area contributed by atoms with E-state index in [0.717, 1.165) is 18.4 Å². The average Bonchev–Trinajstić information content (AvgIpc) is 3.03. The molecule has 4 nitrogen and oxygen atoms in total. The first-order chi connectivity index (χ1) is 9.54. The number of rotatable bonds is 3. The van der Waals surface area contributed by atoms with Gasteiger partial charge in [0.2, 0.25) is 0 Å². The zero-order chi connectivity index (χ0) is 14.3. The van der Waals surface area contributed by atoms with Gasteiger partial charge in [-0.15, -0.1) is 0 Å². The fourth-order valence-corrected chi connectivity index (χ4v) is 3.91. The SMILES string of the molecule is CN(CC1CC2CCC1C2)C(=O)c1ccc(O)c(O)c1. The van der Waals surface area contributed by atoms with Crippen LogP contribution in [-0.2, 0) is 0 Å². The highest BCUT2D eigenvalue weighted by atomic mass is 16.3. The molecule has 2 saturated carbocycles. The van der Waals surface area contributed by atoms with Crippen LogP contribution in [0.4, 0.5) is 0 Å². The lowest BCUT2D eigenvalue weighted by atomic mass is 9.88. The van der Waals surface area contributed by atoms with E-state index in [1.54, 1.807) is 11.0 Å². The Balaban J connectivity index is 1.65. The third kappa shape index (κ3) is 2.35. The van der Waals surface area contributed by atoms with Gasteiger partial charge in [0.15, 0.2) is 11.5 Å². The molecule has 0 saturated heterocycles. The van der Waals surface area contributed by atoms with Gasteiger partial charge in [-0.1, -0.05) is 6.42 Å². The van der Waals surface area contributed by atoms with E-state index < -0.39 is 0 Å². The molecule has 0 radical (unpaired) electrons.